The number of para-hydroxylation sites is 1. The second kappa shape index (κ2) is 13.7. The van der Waals surface area contributed by atoms with Crippen molar-refractivity contribution in [3.05, 3.63) is 30.1 Å². The molecule has 0 unspecified atom stereocenters. The molecule has 0 spiro atoms. The Labute approximate surface area is 207 Å². The van der Waals surface area contributed by atoms with E-state index in [0.717, 1.165) is 52.0 Å². The molecule has 2 fully saturated rings. The summed E-state index contributed by atoms with van der Waals surface area (Å²) in [5, 5.41) is 3.27. The maximum absolute atomic E-state index is 13.9. The van der Waals surface area contributed by atoms with Crippen molar-refractivity contribution in [1.29, 1.82) is 0 Å². The van der Waals surface area contributed by atoms with Crippen molar-refractivity contribution in [2.45, 2.75) is 32.2 Å². The fourth-order valence-corrected chi connectivity index (χ4v) is 4.09. The summed E-state index contributed by atoms with van der Waals surface area (Å²) in [5.74, 6) is 0.318. The van der Waals surface area contributed by atoms with Crippen LogP contribution in [0.5, 0.6) is 0 Å². The summed E-state index contributed by atoms with van der Waals surface area (Å²) in [6.07, 6.45) is 2.36. The monoisotopic (exact) mass is 562 g/mol. The zero-order valence-electron chi connectivity index (χ0n) is 18.8. The van der Waals surface area contributed by atoms with Gasteiger partial charge in [-0.3, -0.25) is 9.89 Å². The molecule has 0 bridgehead atoms. The van der Waals surface area contributed by atoms with Crippen molar-refractivity contribution in [3.8, 4) is 0 Å². The number of benzene rings is 1. The molecule has 8 nitrogen and oxygen atoms in total. The molecule has 0 aliphatic carbocycles. The number of aliphatic imine (C=N–C) groups is 1. The Balaban J connectivity index is 0.00000363. The minimum absolute atomic E-state index is 0. The third-order valence-electron chi connectivity index (χ3n) is 5.85. The van der Waals surface area contributed by atoms with Crippen molar-refractivity contribution < 1.29 is 13.9 Å². The number of hydrogen-bond acceptors (Lipinski definition) is 5. The van der Waals surface area contributed by atoms with Gasteiger partial charge in [0.25, 0.3) is 0 Å². The van der Waals surface area contributed by atoms with Gasteiger partial charge in [-0.05, 0) is 38.3 Å². The van der Waals surface area contributed by atoms with Crippen LogP contribution in [-0.4, -0.2) is 86.9 Å². The number of guanidine groups is 1. The van der Waals surface area contributed by atoms with E-state index in [1.807, 2.05) is 19.1 Å². The molecule has 10 heteroatoms. The lowest BCUT2D eigenvalue weighted by atomic mass is 10.1. The van der Waals surface area contributed by atoms with Gasteiger partial charge in [0, 0.05) is 58.4 Å². The third-order valence-corrected chi connectivity index (χ3v) is 5.85. The SMILES string of the molecule is CCOC(=O)N1CCC(NC(N)=NCCCN2CCN(c3ccccc3F)CC2)CC1.I. The van der Waals surface area contributed by atoms with Crippen LogP contribution >= 0.6 is 24.0 Å². The van der Waals surface area contributed by atoms with Crippen molar-refractivity contribution in [3.63, 3.8) is 0 Å². The number of carbonyl (C=O) groups excluding carboxylic acids is 1. The Morgan fingerprint density at radius 1 is 1.19 bits per heavy atom. The minimum Gasteiger partial charge on any atom is -0.450 e. The van der Waals surface area contributed by atoms with Crippen LogP contribution in [0.15, 0.2) is 29.3 Å². The van der Waals surface area contributed by atoms with Gasteiger partial charge in [-0.25, -0.2) is 9.18 Å². The lowest BCUT2D eigenvalue weighted by Crippen LogP contribution is -2.48. The average Bonchev–Trinajstić information content (AvgIpc) is 2.78. The number of rotatable bonds is 7. The van der Waals surface area contributed by atoms with E-state index in [9.17, 15) is 9.18 Å². The maximum atomic E-state index is 13.9. The summed E-state index contributed by atoms with van der Waals surface area (Å²) in [5.41, 5.74) is 6.73. The molecule has 0 atom stereocenters. The highest BCUT2D eigenvalue weighted by molar-refractivity contribution is 14.0. The zero-order valence-corrected chi connectivity index (χ0v) is 21.2. The summed E-state index contributed by atoms with van der Waals surface area (Å²) >= 11 is 0. The second-order valence-corrected chi connectivity index (χ2v) is 8.01. The Morgan fingerprint density at radius 3 is 2.53 bits per heavy atom. The number of amides is 1. The number of anilines is 1. The normalized spacial score (nSPS) is 18.2. The molecular weight excluding hydrogens is 526 g/mol. The van der Waals surface area contributed by atoms with Crippen LogP contribution in [0.2, 0.25) is 0 Å². The molecule has 2 heterocycles. The van der Waals surface area contributed by atoms with E-state index in [1.165, 1.54) is 6.07 Å². The molecule has 3 rings (SSSR count). The quantitative estimate of drug-likeness (QED) is 0.230. The van der Waals surface area contributed by atoms with Crippen molar-refractivity contribution in [2.75, 3.05) is 63.9 Å². The highest BCUT2D eigenvalue weighted by atomic mass is 127. The molecule has 2 aliphatic rings. The molecule has 2 saturated heterocycles. The topological polar surface area (TPSA) is 86.4 Å². The van der Waals surface area contributed by atoms with Crippen LogP contribution in [0.1, 0.15) is 26.2 Å². The predicted molar refractivity (Wildman–Crippen MR) is 136 cm³/mol. The maximum Gasteiger partial charge on any atom is 0.409 e. The van der Waals surface area contributed by atoms with Crippen LogP contribution in [-0.2, 0) is 4.74 Å². The standard InChI is InChI=1S/C22H35FN6O2.HI/c1-2-31-22(30)29-12-8-18(9-13-29)26-21(24)25-10-5-11-27-14-16-28(17-15-27)20-7-4-3-6-19(20)23;/h3-4,6-7,18H,2,5,8-17H2,1H3,(H3,24,25,26);1H. The van der Waals surface area contributed by atoms with Crippen LogP contribution in [0.25, 0.3) is 0 Å². The van der Waals surface area contributed by atoms with Crippen LogP contribution in [0.3, 0.4) is 0 Å². The van der Waals surface area contributed by atoms with Gasteiger partial charge in [-0.2, -0.15) is 0 Å². The molecule has 0 saturated carbocycles. The smallest absolute Gasteiger partial charge is 0.409 e. The third kappa shape index (κ3) is 7.95. The number of likely N-dealkylation sites (tertiary alicyclic amines) is 1. The number of ether oxygens (including phenoxy) is 1. The van der Waals surface area contributed by atoms with Crippen molar-refractivity contribution >= 4 is 41.7 Å². The lowest BCUT2D eigenvalue weighted by molar-refractivity contribution is 0.0963. The number of hydrogen-bond donors (Lipinski definition) is 2. The first-order chi connectivity index (χ1) is 15.1. The average molecular weight is 562 g/mol. The van der Waals surface area contributed by atoms with E-state index >= 15 is 0 Å². The first-order valence-corrected chi connectivity index (χ1v) is 11.3. The van der Waals surface area contributed by atoms with E-state index in [-0.39, 0.29) is 41.9 Å². The van der Waals surface area contributed by atoms with E-state index in [1.54, 1.807) is 11.0 Å². The Bertz CT molecular complexity index is 737. The predicted octanol–water partition coefficient (Wildman–Crippen LogP) is 2.48. The van der Waals surface area contributed by atoms with Gasteiger partial charge in [-0.15, -0.1) is 24.0 Å². The van der Waals surface area contributed by atoms with Gasteiger partial charge in [0.1, 0.15) is 5.82 Å². The molecule has 180 valence electrons. The second-order valence-electron chi connectivity index (χ2n) is 8.01. The number of nitrogens with one attached hydrogen (secondary N) is 1. The first-order valence-electron chi connectivity index (χ1n) is 11.3. The Kier molecular flexibility index (Phi) is 11.3. The number of carbonyl (C=O) groups is 1. The first kappa shape index (κ1) is 26.4. The number of halogens is 2. The highest BCUT2D eigenvalue weighted by Gasteiger charge is 2.23. The summed E-state index contributed by atoms with van der Waals surface area (Å²) in [7, 11) is 0. The fraction of sp³-hybridized carbons (Fsp3) is 0.636. The van der Waals surface area contributed by atoms with Gasteiger partial charge in [0.15, 0.2) is 5.96 Å². The van der Waals surface area contributed by atoms with E-state index in [4.69, 9.17) is 10.5 Å². The minimum atomic E-state index is -0.239. The number of piperazine rings is 1. The molecule has 0 radical (unpaired) electrons. The van der Waals surface area contributed by atoms with Crippen molar-refractivity contribution in [1.82, 2.24) is 15.1 Å². The molecule has 1 amide bonds. The largest absolute Gasteiger partial charge is 0.450 e. The van der Waals surface area contributed by atoms with Gasteiger partial charge in [0.05, 0.1) is 12.3 Å². The van der Waals surface area contributed by atoms with Crippen LogP contribution < -0.4 is 16.0 Å². The molecule has 2 aliphatic heterocycles. The zero-order chi connectivity index (χ0) is 22.1. The number of nitrogens with zero attached hydrogens (tertiary/aromatic N) is 4. The lowest BCUT2D eigenvalue weighted by Gasteiger charge is -2.36. The van der Waals surface area contributed by atoms with Crippen LogP contribution in [0, 0.1) is 5.82 Å². The molecule has 1 aromatic rings. The van der Waals surface area contributed by atoms with Gasteiger partial charge in [-0.1, -0.05) is 12.1 Å². The summed E-state index contributed by atoms with van der Waals surface area (Å²) in [6, 6.07) is 7.20. The van der Waals surface area contributed by atoms with Crippen LogP contribution in [0.4, 0.5) is 14.9 Å². The van der Waals surface area contributed by atoms with E-state index in [2.05, 4.69) is 20.1 Å². The summed E-state index contributed by atoms with van der Waals surface area (Å²) in [4.78, 5) is 22.4. The Morgan fingerprint density at radius 2 is 1.88 bits per heavy atom. The molecule has 32 heavy (non-hydrogen) atoms. The molecule has 3 N–H and O–H groups in total. The number of piperidine rings is 1. The van der Waals surface area contributed by atoms with E-state index in [0.29, 0.717) is 37.9 Å². The van der Waals surface area contributed by atoms with Gasteiger partial charge >= 0.3 is 6.09 Å². The number of nitrogens with two attached hydrogens (primary N) is 1. The van der Waals surface area contributed by atoms with E-state index < -0.39 is 0 Å². The van der Waals surface area contributed by atoms with Gasteiger partial charge < -0.3 is 25.6 Å². The molecule has 1 aromatic carbocycles. The highest BCUT2D eigenvalue weighted by Crippen LogP contribution is 2.20. The van der Waals surface area contributed by atoms with Crippen molar-refractivity contribution in [2.24, 2.45) is 10.7 Å². The summed E-state index contributed by atoms with van der Waals surface area (Å²) < 4.78 is 19.0. The fourth-order valence-electron chi connectivity index (χ4n) is 4.09. The molecule has 0 aromatic heterocycles. The summed E-state index contributed by atoms with van der Waals surface area (Å²) in [6.45, 7) is 8.69. The molecular formula is C22H36FIN6O2. The Hall–Kier alpha value is -1.82. The van der Waals surface area contributed by atoms with Gasteiger partial charge in [0.2, 0.25) is 0 Å².